The summed E-state index contributed by atoms with van der Waals surface area (Å²) in [6.45, 7) is 1.72. The third-order valence-corrected chi connectivity index (χ3v) is 3.04. The van der Waals surface area contributed by atoms with Crippen LogP contribution in [0.25, 0.3) is 0 Å². The summed E-state index contributed by atoms with van der Waals surface area (Å²) in [6, 6.07) is 6.90. The van der Waals surface area contributed by atoms with Gasteiger partial charge in [-0.25, -0.2) is 4.98 Å². The molecule has 2 rings (SSSR count). The molecule has 0 saturated carbocycles. The number of carbonyl (C=O) groups excluding carboxylic acids is 1. The largest absolute Gasteiger partial charge is 0.486 e. The lowest BCUT2D eigenvalue weighted by molar-refractivity contribution is 0.101. The van der Waals surface area contributed by atoms with E-state index in [2.05, 4.69) is 15.0 Å². The molecule has 1 aromatic heterocycles. The predicted molar refractivity (Wildman–Crippen MR) is 76.8 cm³/mol. The standard InChI is InChI=1S/C13H14N4O2S/c1-8(18)9-3-5-10(6-4-9)19-7-11-15-12(14)17-13(16-11)20-2/h3-6H,7H2,1-2H3,(H2,14,15,16,17). The number of thioether (sulfide) groups is 1. The third-order valence-electron chi connectivity index (χ3n) is 2.49. The van der Waals surface area contributed by atoms with Crippen molar-refractivity contribution < 1.29 is 9.53 Å². The Bertz CT molecular complexity index is 616. The highest BCUT2D eigenvalue weighted by atomic mass is 32.2. The first kappa shape index (κ1) is 14.3. The second-order valence-electron chi connectivity index (χ2n) is 3.97. The molecule has 0 radical (unpaired) electrons. The van der Waals surface area contributed by atoms with Crippen LogP contribution >= 0.6 is 11.8 Å². The van der Waals surface area contributed by atoms with Crippen molar-refractivity contribution in [2.75, 3.05) is 12.0 Å². The van der Waals surface area contributed by atoms with Gasteiger partial charge < -0.3 is 10.5 Å². The van der Waals surface area contributed by atoms with Crippen LogP contribution in [0.5, 0.6) is 5.75 Å². The first-order valence-corrected chi connectivity index (χ1v) is 7.09. The maximum atomic E-state index is 11.2. The van der Waals surface area contributed by atoms with E-state index in [0.717, 1.165) is 0 Å². The van der Waals surface area contributed by atoms with Crippen molar-refractivity contribution in [2.45, 2.75) is 18.7 Å². The van der Waals surface area contributed by atoms with E-state index in [0.29, 0.717) is 22.3 Å². The number of nitrogen functional groups attached to an aromatic ring is 1. The Morgan fingerprint density at radius 2 is 1.95 bits per heavy atom. The molecule has 0 atom stereocenters. The minimum atomic E-state index is 0.0198. The summed E-state index contributed by atoms with van der Waals surface area (Å²) >= 11 is 1.39. The minimum absolute atomic E-state index is 0.0198. The topological polar surface area (TPSA) is 91.0 Å². The molecule has 104 valence electrons. The second-order valence-corrected chi connectivity index (χ2v) is 4.74. The van der Waals surface area contributed by atoms with Crippen molar-refractivity contribution >= 4 is 23.5 Å². The molecule has 0 unspecified atom stereocenters. The van der Waals surface area contributed by atoms with Gasteiger partial charge >= 0.3 is 0 Å². The first-order chi connectivity index (χ1) is 9.58. The fourth-order valence-corrected chi connectivity index (χ4v) is 1.89. The Balaban J connectivity index is 2.04. The van der Waals surface area contributed by atoms with Crippen molar-refractivity contribution in [1.82, 2.24) is 15.0 Å². The maximum absolute atomic E-state index is 11.2. The Labute approximate surface area is 120 Å². The highest BCUT2D eigenvalue weighted by Crippen LogP contribution is 2.15. The molecule has 0 bridgehead atoms. The summed E-state index contributed by atoms with van der Waals surface area (Å²) in [7, 11) is 0. The zero-order valence-corrected chi connectivity index (χ0v) is 12.0. The number of nitrogens with two attached hydrogens (primary N) is 1. The number of rotatable bonds is 5. The number of hydrogen-bond donors (Lipinski definition) is 1. The van der Waals surface area contributed by atoms with E-state index in [9.17, 15) is 4.79 Å². The van der Waals surface area contributed by atoms with Crippen molar-refractivity contribution in [3.8, 4) is 5.75 Å². The molecule has 0 saturated heterocycles. The summed E-state index contributed by atoms with van der Waals surface area (Å²) in [5.74, 6) is 1.30. The average Bonchev–Trinajstić information content (AvgIpc) is 2.45. The molecule has 1 aromatic carbocycles. The number of aromatic nitrogens is 3. The molecule has 7 heteroatoms. The first-order valence-electron chi connectivity index (χ1n) is 5.86. The van der Waals surface area contributed by atoms with Gasteiger partial charge in [-0.05, 0) is 37.4 Å². The summed E-state index contributed by atoms with van der Waals surface area (Å²) in [5, 5.41) is 0.558. The maximum Gasteiger partial charge on any atom is 0.224 e. The highest BCUT2D eigenvalue weighted by Gasteiger charge is 2.05. The molecule has 0 amide bonds. The molecule has 0 aliphatic carbocycles. The van der Waals surface area contributed by atoms with Gasteiger partial charge in [0.1, 0.15) is 12.4 Å². The van der Waals surface area contributed by atoms with Crippen LogP contribution in [0.15, 0.2) is 29.4 Å². The monoisotopic (exact) mass is 290 g/mol. The summed E-state index contributed by atoms with van der Waals surface area (Å²) in [5.41, 5.74) is 6.23. The zero-order valence-electron chi connectivity index (χ0n) is 11.2. The lowest BCUT2D eigenvalue weighted by atomic mass is 10.1. The van der Waals surface area contributed by atoms with Crippen LogP contribution in [-0.2, 0) is 6.61 Å². The normalized spacial score (nSPS) is 10.3. The van der Waals surface area contributed by atoms with Gasteiger partial charge in [-0.2, -0.15) is 9.97 Å². The quantitative estimate of drug-likeness (QED) is 0.664. The Hall–Kier alpha value is -2.15. The van der Waals surface area contributed by atoms with Crippen molar-refractivity contribution in [3.63, 3.8) is 0 Å². The van der Waals surface area contributed by atoms with Crippen LogP contribution in [0.2, 0.25) is 0 Å². The Morgan fingerprint density at radius 1 is 1.25 bits per heavy atom. The number of hydrogen-bond acceptors (Lipinski definition) is 7. The van der Waals surface area contributed by atoms with Crippen molar-refractivity contribution in [3.05, 3.63) is 35.7 Å². The van der Waals surface area contributed by atoms with Gasteiger partial charge in [0.2, 0.25) is 5.95 Å². The molecule has 0 aliphatic heterocycles. The SMILES string of the molecule is CSc1nc(N)nc(COc2ccc(C(C)=O)cc2)n1. The van der Waals surface area contributed by atoms with Gasteiger partial charge in [-0.15, -0.1) is 0 Å². The summed E-state index contributed by atoms with van der Waals surface area (Å²) in [6.07, 6.45) is 1.86. The summed E-state index contributed by atoms with van der Waals surface area (Å²) < 4.78 is 5.55. The lowest BCUT2D eigenvalue weighted by Gasteiger charge is -2.06. The van der Waals surface area contributed by atoms with Crippen LogP contribution < -0.4 is 10.5 Å². The van der Waals surface area contributed by atoms with Crippen LogP contribution in [0.4, 0.5) is 5.95 Å². The molecule has 20 heavy (non-hydrogen) atoms. The fraction of sp³-hybridized carbons (Fsp3) is 0.231. The molecule has 2 N–H and O–H groups in total. The number of anilines is 1. The number of carbonyl (C=O) groups is 1. The predicted octanol–water partition coefficient (Wildman–Crippen LogP) is 1.96. The van der Waals surface area contributed by atoms with Crippen molar-refractivity contribution in [2.24, 2.45) is 0 Å². The van der Waals surface area contributed by atoms with Gasteiger partial charge in [-0.1, -0.05) is 11.8 Å². The van der Waals surface area contributed by atoms with E-state index in [1.807, 2.05) is 6.26 Å². The van der Waals surface area contributed by atoms with Gasteiger partial charge in [0.05, 0.1) is 0 Å². The van der Waals surface area contributed by atoms with Gasteiger partial charge in [0.15, 0.2) is 16.8 Å². The molecule has 0 fully saturated rings. The number of ether oxygens (including phenoxy) is 1. The van der Waals surface area contributed by atoms with E-state index < -0.39 is 0 Å². The van der Waals surface area contributed by atoms with Gasteiger partial charge in [-0.3, -0.25) is 4.79 Å². The van der Waals surface area contributed by atoms with E-state index in [-0.39, 0.29) is 18.3 Å². The zero-order chi connectivity index (χ0) is 14.5. The molecular formula is C13H14N4O2S. The number of nitrogens with zero attached hydrogens (tertiary/aromatic N) is 3. The molecule has 0 aliphatic rings. The average molecular weight is 290 g/mol. The molecular weight excluding hydrogens is 276 g/mol. The number of benzene rings is 1. The minimum Gasteiger partial charge on any atom is -0.486 e. The summed E-state index contributed by atoms with van der Waals surface area (Å²) in [4.78, 5) is 23.3. The van der Waals surface area contributed by atoms with Crippen molar-refractivity contribution in [1.29, 1.82) is 0 Å². The van der Waals surface area contributed by atoms with E-state index in [1.54, 1.807) is 24.3 Å². The van der Waals surface area contributed by atoms with Gasteiger partial charge in [0, 0.05) is 5.56 Å². The lowest BCUT2D eigenvalue weighted by Crippen LogP contribution is -2.07. The Kier molecular flexibility index (Phi) is 4.52. The van der Waals surface area contributed by atoms with Crippen LogP contribution in [0, 0.1) is 0 Å². The van der Waals surface area contributed by atoms with E-state index in [1.165, 1.54) is 18.7 Å². The van der Waals surface area contributed by atoms with Gasteiger partial charge in [0.25, 0.3) is 0 Å². The van der Waals surface area contributed by atoms with E-state index in [4.69, 9.17) is 10.5 Å². The molecule has 0 spiro atoms. The van der Waals surface area contributed by atoms with Crippen LogP contribution in [0.1, 0.15) is 23.1 Å². The van der Waals surface area contributed by atoms with Crippen LogP contribution in [0.3, 0.4) is 0 Å². The van der Waals surface area contributed by atoms with Crippen LogP contribution in [-0.4, -0.2) is 27.0 Å². The number of Topliss-reactive ketones (excluding diaryl/α,β-unsaturated/α-hetero) is 1. The smallest absolute Gasteiger partial charge is 0.224 e. The van der Waals surface area contributed by atoms with E-state index >= 15 is 0 Å². The second kappa shape index (κ2) is 6.33. The molecule has 1 heterocycles. The highest BCUT2D eigenvalue weighted by molar-refractivity contribution is 7.98. The molecule has 6 nitrogen and oxygen atoms in total. The fourth-order valence-electron chi connectivity index (χ4n) is 1.51. The molecule has 2 aromatic rings. The third kappa shape index (κ3) is 3.67. The Morgan fingerprint density at radius 3 is 2.55 bits per heavy atom. The number of ketones is 1.